The molecule has 2 nitrogen and oxygen atoms in total. The van der Waals surface area contributed by atoms with Crippen LogP contribution >= 0.6 is 0 Å². The van der Waals surface area contributed by atoms with Gasteiger partial charge < -0.3 is 4.42 Å². The molecule has 2 bridgehead atoms. The summed E-state index contributed by atoms with van der Waals surface area (Å²) in [4.78, 5) is 14.2. The number of benzene rings is 9. The lowest BCUT2D eigenvalue weighted by atomic mass is 9.81. The van der Waals surface area contributed by atoms with Crippen LogP contribution in [0.4, 0.5) is 0 Å². The second-order valence-electron chi connectivity index (χ2n) is 15.0. The van der Waals surface area contributed by atoms with Gasteiger partial charge in [-0.15, -0.1) is 0 Å². The first-order chi connectivity index (χ1) is 26.7. The zero-order valence-electron chi connectivity index (χ0n) is 29.4. The maximum Gasteiger partial charge on any atom is 0.170 e. The van der Waals surface area contributed by atoms with Gasteiger partial charge in [-0.1, -0.05) is 127 Å². The monoisotopic (exact) mass is 688 g/mol. The van der Waals surface area contributed by atoms with Crippen molar-refractivity contribution in [1.82, 2.24) is 0 Å². The number of fused-ring (bicyclic) bond motifs is 16. The van der Waals surface area contributed by atoms with E-state index in [-0.39, 0.29) is 11.7 Å². The SMILES string of the molecule is O=C1c2ccccc2-c2cccc3c2CCC1c1ccc(-c2ccc4oc5ccc(-c6ccc7c8ccccc8c8ccccc8c7c6)cc5c4c2)cc1-3. The first-order valence-corrected chi connectivity index (χ1v) is 18.9. The number of Topliss-reactive ketones (excluding diaryl/α,β-unsaturated/α-hetero) is 1. The number of ketones is 1. The summed E-state index contributed by atoms with van der Waals surface area (Å²) < 4.78 is 6.42. The van der Waals surface area contributed by atoms with Crippen molar-refractivity contribution in [2.75, 3.05) is 0 Å². The Balaban J connectivity index is 1.00. The minimum Gasteiger partial charge on any atom is -0.456 e. The van der Waals surface area contributed by atoms with Crippen molar-refractivity contribution in [1.29, 1.82) is 0 Å². The lowest BCUT2D eigenvalue weighted by molar-refractivity contribution is 0.0956. The highest BCUT2D eigenvalue weighted by atomic mass is 16.3. The standard InChI is InChI=1S/C52H32O2/c53-52-44-13-6-5-11-38(44)37-14-7-15-40-41(37)22-23-45(52)43-21-17-31(27-47(40)43)33-19-25-51-49(29-33)48-28-32(18-24-50(48)54-51)30-16-20-42-36-10-2-1-8-34(36)35-9-3-4-12-39(35)46(42)26-30/h1-21,24-29,45H,22-23H2. The number of hydrogen-bond donors (Lipinski definition) is 0. The normalized spacial score (nSPS) is 14.7. The van der Waals surface area contributed by atoms with Crippen LogP contribution in [0, 0.1) is 0 Å². The molecule has 0 amide bonds. The van der Waals surface area contributed by atoms with Crippen LogP contribution in [-0.2, 0) is 6.42 Å². The number of furan rings is 1. The van der Waals surface area contributed by atoms with Crippen LogP contribution in [0.5, 0.6) is 0 Å². The highest BCUT2D eigenvalue weighted by molar-refractivity contribution is 6.26. The van der Waals surface area contributed by atoms with Gasteiger partial charge in [0.1, 0.15) is 11.2 Å². The maximum absolute atomic E-state index is 14.2. The molecule has 2 aliphatic carbocycles. The summed E-state index contributed by atoms with van der Waals surface area (Å²) in [6.45, 7) is 0. The van der Waals surface area contributed by atoms with Crippen LogP contribution in [0.15, 0.2) is 168 Å². The fourth-order valence-electron chi connectivity index (χ4n) is 9.69. The molecule has 252 valence electrons. The van der Waals surface area contributed by atoms with Gasteiger partial charge in [0.05, 0.1) is 0 Å². The first kappa shape index (κ1) is 29.8. The molecule has 2 heteroatoms. The Morgan fingerprint density at radius 1 is 0.389 bits per heavy atom. The third-order valence-corrected chi connectivity index (χ3v) is 12.3. The average Bonchev–Trinajstić information content (AvgIpc) is 3.51. The van der Waals surface area contributed by atoms with Crippen LogP contribution < -0.4 is 0 Å². The topological polar surface area (TPSA) is 30.2 Å². The molecule has 12 rings (SSSR count). The van der Waals surface area contributed by atoms with Crippen molar-refractivity contribution < 1.29 is 9.21 Å². The first-order valence-electron chi connectivity index (χ1n) is 18.9. The van der Waals surface area contributed by atoms with E-state index < -0.39 is 0 Å². The summed E-state index contributed by atoms with van der Waals surface area (Å²) in [5.74, 6) is 0.0593. The molecule has 10 aromatic rings. The Labute approximate surface area is 311 Å². The van der Waals surface area contributed by atoms with Gasteiger partial charge >= 0.3 is 0 Å². The Bertz CT molecular complexity index is 3220. The summed E-state index contributed by atoms with van der Waals surface area (Å²) in [5.41, 5.74) is 14.3. The van der Waals surface area contributed by atoms with E-state index in [1.165, 1.54) is 60.1 Å². The summed E-state index contributed by atoms with van der Waals surface area (Å²) in [6, 6.07) is 59.0. The maximum atomic E-state index is 14.2. The van der Waals surface area contributed by atoms with Crippen molar-refractivity contribution in [2.24, 2.45) is 0 Å². The highest BCUT2D eigenvalue weighted by Crippen LogP contribution is 2.48. The Morgan fingerprint density at radius 3 is 1.54 bits per heavy atom. The van der Waals surface area contributed by atoms with Crippen molar-refractivity contribution in [3.8, 4) is 44.5 Å². The summed E-state index contributed by atoms with van der Waals surface area (Å²) in [6.07, 6.45) is 1.71. The molecule has 1 unspecified atom stereocenters. The zero-order chi connectivity index (χ0) is 35.5. The fourth-order valence-corrected chi connectivity index (χ4v) is 9.69. The second-order valence-corrected chi connectivity index (χ2v) is 15.0. The number of carbonyl (C=O) groups excluding carboxylic acids is 1. The van der Waals surface area contributed by atoms with E-state index in [4.69, 9.17) is 4.42 Å². The van der Waals surface area contributed by atoms with E-state index in [2.05, 4.69) is 146 Å². The summed E-state index contributed by atoms with van der Waals surface area (Å²) in [7, 11) is 0. The largest absolute Gasteiger partial charge is 0.456 e. The summed E-state index contributed by atoms with van der Waals surface area (Å²) in [5, 5.41) is 9.86. The van der Waals surface area contributed by atoms with Crippen LogP contribution in [0.25, 0.3) is 98.8 Å². The molecule has 0 saturated heterocycles. The minimum absolute atomic E-state index is 0.165. The highest BCUT2D eigenvalue weighted by Gasteiger charge is 2.33. The quantitative estimate of drug-likeness (QED) is 0.169. The molecule has 0 spiro atoms. The molecule has 2 aliphatic rings. The van der Waals surface area contributed by atoms with Crippen molar-refractivity contribution in [2.45, 2.75) is 18.8 Å². The third-order valence-electron chi connectivity index (χ3n) is 12.3. The lowest BCUT2D eigenvalue weighted by Crippen LogP contribution is -2.16. The van der Waals surface area contributed by atoms with Crippen molar-refractivity contribution in [3.05, 3.63) is 180 Å². The van der Waals surface area contributed by atoms with Gasteiger partial charge in [0.25, 0.3) is 0 Å². The molecule has 54 heavy (non-hydrogen) atoms. The van der Waals surface area contributed by atoms with Crippen LogP contribution in [0.1, 0.15) is 33.8 Å². The van der Waals surface area contributed by atoms with Crippen molar-refractivity contribution in [3.63, 3.8) is 0 Å². The predicted molar refractivity (Wildman–Crippen MR) is 223 cm³/mol. The molecule has 1 atom stereocenters. The van der Waals surface area contributed by atoms with E-state index in [1.807, 2.05) is 18.2 Å². The second kappa shape index (κ2) is 11.1. The summed E-state index contributed by atoms with van der Waals surface area (Å²) >= 11 is 0. The van der Waals surface area contributed by atoms with Gasteiger partial charge in [-0.25, -0.2) is 0 Å². The molecule has 0 aliphatic heterocycles. The molecule has 0 saturated carbocycles. The van der Waals surface area contributed by atoms with Gasteiger partial charge in [-0.3, -0.25) is 4.79 Å². The number of hydrogen-bond acceptors (Lipinski definition) is 2. The van der Waals surface area contributed by atoms with Crippen LogP contribution in [0.3, 0.4) is 0 Å². The molecule has 1 heterocycles. The van der Waals surface area contributed by atoms with E-state index in [9.17, 15) is 4.79 Å². The van der Waals surface area contributed by atoms with Gasteiger partial charge in [-0.05, 0) is 137 Å². The van der Waals surface area contributed by atoms with Gasteiger partial charge in [0.2, 0.25) is 0 Å². The Hall–Kier alpha value is -6.77. The molecule has 0 radical (unpaired) electrons. The molecule has 0 fully saturated rings. The molecule has 9 aromatic carbocycles. The van der Waals surface area contributed by atoms with Crippen LogP contribution in [0.2, 0.25) is 0 Å². The predicted octanol–water partition coefficient (Wildman–Crippen LogP) is 13.9. The molecule has 0 N–H and O–H groups in total. The van der Waals surface area contributed by atoms with Crippen LogP contribution in [-0.4, -0.2) is 5.78 Å². The van der Waals surface area contributed by atoms with Crippen molar-refractivity contribution >= 4 is 60.0 Å². The number of rotatable bonds is 2. The third kappa shape index (κ3) is 4.20. The van der Waals surface area contributed by atoms with E-state index in [1.54, 1.807) is 0 Å². The van der Waals surface area contributed by atoms with E-state index in [0.29, 0.717) is 0 Å². The molecular formula is C52H32O2. The smallest absolute Gasteiger partial charge is 0.170 e. The lowest BCUT2D eigenvalue weighted by Gasteiger charge is -2.21. The van der Waals surface area contributed by atoms with E-state index in [0.717, 1.165) is 68.2 Å². The van der Waals surface area contributed by atoms with Gasteiger partial charge in [0, 0.05) is 22.3 Å². The van der Waals surface area contributed by atoms with Gasteiger partial charge in [0.15, 0.2) is 5.78 Å². The van der Waals surface area contributed by atoms with Gasteiger partial charge in [-0.2, -0.15) is 0 Å². The average molecular weight is 689 g/mol. The molecular weight excluding hydrogens is 657 g/mol. The van der Waals surface area contributed by atoms with E-state index >= 15 is 0 Å². The molecule has 1 aromatic heterocycles. The fraction of sp³-hybridized carbons (Fsp3) is 0.0577. The minimum atomic E-state index is -0.165. The zero-order valence-corrected chi connectivity index (χ0v) is 29.4. The Morgan fingerprint density at radius 2 is 0.870 bits per heavy atom. The number of carbonyl (C=O) groups is 1. The Kier molecular flexibility index (Phi) is 6.13.